The Bertz CT molecular complexity index is 1130. The van der Waals surface area contributed by atoms with Crippen molar-refractivity contribution in [2.45, 2.75) is 12.6 Å². The number of benzene rings is 2. The van der Waals surface area contributed by atoms with Crippen LogP contribution in [0.15, 0.2) is 59.9 Å². The maximum absolute atomic E-state index is 12.8. The van der Waals surface area contributed by atoms with Gasteiger partial charge in [-0.3, -0.25) is 9.78 Å². The Balaban J connectivity index is 1.52. The maximum Gasteiger partial charge on any atom is 0.563 e. The molecule has 146 valence electrons. The molecule has 10 heteroatoms. The summed E-state index contributed by atoms with van der Waals surface area (Å²) in [6.07, 6.45) is -1.54. The van der Waals surface area contributed by atoms with Gasteiger partial charge in [0, 0.05) is 28.9 Å². The molecule has 2 heterocycles. The molecule has 2 N–H and O–H groups in total. The number of carbonyl (C=O) groups is 1. The zero-order chi connectivity index (χ0) is 20.6. The van der Waals surface area contributed by atoms with Crippen molar-refractivity contribution in [1.29, 1.82) is 0 Å². The Morgan fingerprint density at radius 2 is 1.97 bits per heavy atom. The summed E-state index contributed by atoms with van der Waals surface area (Å²) in [5.74, 6) is -1.87. The van der Waals surface area contributed by atoms with Crippen LogP contribution < -0.4 is 10.8 Å². The van der Waals surface area contributed by atoms with E-state index in [4.69, 9.17) is 0 Å². The molecule has 0 atom stereocenters. The van der Waals surface area contributed by atoms with Crippen molar-refractivity contribution in [2.24, 2.45) is 4.99 Å². The molecule has 2 aromatic carbocycles. The number of aliphatic imine (C=N–C) groups is 1. The highest BCUT2D eigenvalue weighted by Crippen LogP contribution is 2.26. The van der Waals surface area contributed by atoms with Crippen molar-refractivity contribution in [2.75, 3.05) is 5.32 Å². The van der Waals surface area contributed by atoms with Crippen molar-refractivity contribution in [1.82, 2.24) is 4.98 Å². The standard InChI is InChI=1S/C19H13BF3N3O3/c21-19(22,23)18-26-16-7-11(1-4-15(16)20(28)29-18)8-17(27)25-14-3-2-13-10-24-6-5-12(13)9-14/h1-7,9-10,28H,8H2,(H,25,27). The van der Waals surface area contributed by atoms with Crippen molar-refractivity contribution >= 4 is 46.5 Å². The first-order valence-corrected chi connectivity index (χ1v) is 8.57. The number of aromatic nitrogens is 1. The molecule has 0 bridgehead atoms. The van der Waals surface area contributed by atoms with Crippen molar-refractivity contribution < 1.29 is 27.6 Å². The average molecular weight is 399 g/mol. The van der Waals surface area contributed by atoms with Crippen molar-refractivity contribution in [3.05, 3.63) is 60.4 Å². The highest BCUT2D eigenvalue weighted by atomic mass is 19.4. The van der Waals surface area contributed by atoms with Gasteiger partial charge in [-0.25, -0.2) is 4.99 Å². The van der Waals surface area contributed by atoms with Crippen LogP contribution in [0.4, 0.5) is 24.5 Å². The van der Waals surface area contributed by atoms with E-state index in [2.05, 4.69) is 19.9 Å². The fourth-order valence-electron chi connectivity index (χ4n) is 2.99. The molecule has 0 aliphatic carbocycles. The third kappa shape index (κ3) is 4.07. The molecule has 6 nitrogen and oxygen atoms in total. The van der Waals surface area contributed by atoms with Gasteiger partial charge >= 0.3 is 13.3 Å². The Morgan fingerprint density at radius 1 is 1.14 bits per heavy atom. The molecule has 0 spiro atoms. The van der Waals surface area contributed by atoms with Gasteiger partial charge in [-0.15, -0.1) is 0 Å². The number of nitrogens with one attached hydrogen (secondary N) is 1. The van der Waals surface area contributed by atoms with E-state index in [-0.39, 0.29) is 23.5 Å². The quantitative estimate of drug-likeness (QED) is 0.664. The molecule has 4 rings (SSSR count). The molecular weight excluding hydrogens is 386 g/mol. The van der Waals surface area contributed by atoms with Crippen LogP contribution in [0, 0.1) is 0 Å². The monoisotopic (exact) mass is 399 g/mol. The molecule has 1 amide bonds. The van der Waals surface area contributed by atoms with E-state index in [9.17, 15) is 23.0 Å². The smallest absolute Gasteiger partial charge is 0.515 e. The van der Waals surface area contributed by atoms with Gasteiger partial charge in [-0.05, 0) is 35.2 Å². The Labute approximate surface area is 163 Å². The second-order valence-corrected chi connectivity index (χ2v) is 6.44. The van der Waals surface area contributed by atoms with Crippen LogP contribution >= 0.6 is 0 Å². The summed E-state index contributed by atoms with van der Waals surface area (Å²) in [4.78, 5) is 19.8. The molecule has 3 aromatic rings. The fourth-order valence-corrected chi connectivity index (χ4v) is 2.99. The van der Waals surface area contributed by atoms with Gasteiger partial charge in [-0.1, -0.05) is 18.2 Å². The zero-order valence-corrected chi connectivity index (χ0v) is 14.8. The number of amides is 1. The first kappa shape index (κ1) is 18.9. The van der Waals surface area contributed by atoms with Crippen molar-refractivity contribution in [3.8, 4) is 0 Å². The molecule has 0 saturated carbocycles. The van der Waals surface area contributed by atoms with Gasteiger partial charge < -0.3 is 15.0 Å². The lowest BCUT2D eigenvalue weighted by molar-refractivity contribution is -0.115. The minimum Gasteiger partial charge on any atom is -0.515 e. The van der Waals surface area contributed by atoms with E-state index in [1.54, 1.807) is 24.5 Å². The lowest BCUT2D eigenvalue weighted by Crippen LogP contribution is -2.43. The third-order valence-electron chi connectivity index (χ3n) is 4.34. The van der Waals surface area contributed by atoms with E-state index in [1.165, 1.54) is 18.2 Å². The minimum atomic E-state index is -4.82. The lowest BCUT2D eigenvalue weighted by atomic mass is 9.77. The van der Waals surface area contributed by atoms with Crippen LogP contribution in [0.3, 0.4) is 0 Å². The minimum absolute atomic E-state index is 0.0739. The number of nitrogens with zero attached hydrogens (tertiary/aromatic N) is 2. The van der Waals surface area contributed by atoms with Crippen LogP contribution in [0.5, 0.6) is 0 Å². The predicted molar refractivity (Wildman–Crippen MR) is 102 cm³/mol. The van der Waals surface area contributed by atoms with Crippen LogP contribution in [0.25, 0.3) is 10.8 Å². The second-order valence-electron chi connectivity index (χ2n) is 6.44. The second kappa shape index (κ2) is 7.21. The summed E-state index contributed by atoms with van der Waals surface area (Å²) in [5, 5.41) is 14.4. The summed E-state index contributed by atoms with van der Waals surface area (Å²) in [6.45, 7) is 0. The number of anilines is 1. The predicted octanol–water partition coefficient (Wildman–Crippen LogP) is 2.73. The molecular formula is C19H13BF3N3O3. The Morgan fingerprint density at radius 3 is 2.76 bits per heavy atom. The first-order valence-electron chi connectivity index (χ1n) is 8.57. The fraction of sp³-hybridized carbons (Fsp3) is 0.105. The molecule has 29 heavy (non-hydrogen) atoms. The van der Waals surface area contributed by atoms with Gasteiger partial charge in [-0.2, -0.15) is 13.2 Å². The van der Waals surface area contributed by atoms with E-state index >= 15 is 0 Å². The number of alkyl halides is 3. The van der Waals surface area contributed by atoms with E-state index < -0.39 is 19.2 Å². The molecule has 0 radical (unpaired) electrons. The van der Waals surface area contributed by atoms with Gasteiger partial charge in [0.25, 0.3) is 5.90 Å². The van der Waals surface area contributed by atoms with Crippen LogP contribution in [0.1, 0.15) is 5.56 Å². The molecule has 0 saturated heterocycles. The first-order chi connectivity index (χ1) is 13.8. The van der Waals surface area contributed by atoms with Gasteiger partial charge in [0.05, 0.1) is 12.1 Å². The molecule has 1 aliphatic heterocycles. The number of pyridine rings is 1. The van der Waals surface area contributed by atoms with Crippen LogP contribution in [0.2, 0.25) is 0 Å². The third-order valence-corrected chi connectivity index (χ3v) is 4.34. The number of hydrogen-bond donors (Lipinski definition) is 2. The van der Waals surface area contributed by atoms with E-state index in [0.29, 0.717) is 11.3 Å². The molecule has 0 fully saturated rings. The van der Waals surface area contributed by atoms with Gasteiger partial charge in [0.15, 0.2) is 0 Å². The Kier molecular flexibility index (Phi) is 4.71. The summed E-state index contributed by atoms with van der Waals surface area (Å²) in [5.41, 5.74) is 1.06. The Hall–Kier alpha value is -3.40. The number of carbonyl (C=O) groups excluding carboxylic acids is 1. The maximum atomic E-state index is 12.8. The number of hydrogen-bond acceptors (Lipinski definition) is 5. The van der Waals surface area contributed by atoms with Crippen LogP contribution in [-0.2, 0) is 15.9 Å². The molecule has 1 aromatic heterocycles. The van der Waals surface area contributed by atoms with Crippen molar-refractivity contribution in [3.63, 3.8) is 0 Å². The normalized spacial score (nSPS) is 13.5. The van der Waals surface area contributed by atoms with Crippen LogP contribution in [-0.4, -0.2) is 35.1 Å². The summed E-state index contributed by atoms with van der Waals surface area (Å²) in [7, 11) is -1.77. The number of fused-ring (bicyclic) bond motifs is 2. The topological polar surface area (TPSA) is 83.8 Å². The lowest BCUT2D eigenvalue weighted by Gasteiger charge is -2.21. The number of halogens is 3. The zero-order valence-electron chi connectivity index (χ0n) is 14.8. The molecule has 1 aliphatic rings. The number of rotatable bonds is 3. The molecule has 0 unspecified atom stereocenters. The largest absolute Gasteiger partial charge is 0.563 e. The van der Waals surface area contributed by atoms with Gasteiger partial charge in [0.1, 0.15) is 0 Å². The van der Waals surface area contributed by atoms with E-state index in [0.717, 1.165) is 10.8 Å². The van der Waals surface area contributed by atoms with Gasteiger partial charge in [0.2, 0.25) is 5.91 Å². The summed E-state index contributed by atoms with van der Waals surface area (Å²) in [6, 6.07) is 11.4. The highest BCUT2D eigenvalue weighted by molar-refractivity contribution is 6.64. The highest BCUT2D eigenvalue weighted by Gasteiger charge is 2.43. The SMILES string of the molecule is O=C(Cc1ccc2c(c1)N=C(C(F)(F)F)OB2O)Nc1ccc2cnccc2c1. The average Bonchev–Trinajstić information content (AvgIpc) is 2.67. The van der Waals surface area contributed by atoms with E-state index in [1.807, 2.05) is 12.1 Å². The summed E-state index contributed by atoms with van der Waals surface area (Å²) < 4.78 is 42.9. The summed E-state index contributed by atoms with van der Waals surface area (Å²) >= 11 is 0.